The molecular weight excluding hydrogens is 210 g/mol. The number of terminal acetylenes is 1. The smallest absolute Gasteiger partial charge is 0.247 e. The average molecular weight is 223 g/mol. The fourth-order valence-corrected chi connectivity index (χ4v) is 1.45. The van der Waals surface area contributed by atoms with E-state index in [-0.39, 0.29) is 19.6 Å². The van der Waals surface area contributed by atoms with Crippen LogP contribution in [-0.4, -0.2) is 13.7 Å². The Hall–Kier alpha value is -2.03. The third-order valence-electron chi connectivity index (χ3n) is 2.27. The van der Waals surface area contributed by atoms with Crippen molar-refractivity contribution in [3.63, 3.8) is 0 Å². The van der Waals surface area contributed by atoms with E-state index in [9.17, 15) is 14.4 Å². The van der Waals surface area contributed by atoms with Gasteiger partial charge in [-0.05, 0) is 13.8 Å². The second-order valence-corrected chi connectivity index (χ2v) is 3.13. The lowest BCUT2D eigenvalue weighted by atomic mass is 10.6. The lowest BCUT2D eigenvalue weighted by molar-refractivity contribution is 0.483. The minimum absolute atomic E-state index is 0.127. The molecule has 0 amide bonds. The first-order valence-electron chi connectivity index (χ1n) is 4.96. The quantitative estimate of drug-likeness (QED) is 0.607. The van der Waals surface area contributed by atoms with Gasteiger partial charge in [-0.3, -0.25) is 0 Å². The summed E-state index contributed by atoms with van der Waals surface area (Å²) >= 11 is 0. The largest absolute Gasteiger partial charge is 0.337 e. The molecule has 6 heteroatoms. The highest BCUT2D eigenvalue weighted by atomic mass is 16.2. The summed E-state index contributed by atoms with van der Waals surface area (Å²) in [6.45, 7) is 3.62. The van der Waals surface area contributed by atoms with E-state index in [4.69, 9.17) is 6.42 Å². The van der Waals surface area contributed by atoms with Crippen molar-refractivity contribution >= 4 is 0 Å². The van der Waals surface area contributed by atoms with Crippen LogP contribution < -0.4 is 17.1 Å². The molecule has 0 radical (unpaired) electrons. The van der Waals surface area contributed by atoms with Gasteiger partial charge in [-0.2, -0.15) is 0 Å². The molecule has 16 heavy (non-hydrogen) atoms. The third-order valence-corrected chi connectivity index (χ3v) is 2.27. The minimum atomic E-state index is -0.653. The van der Waals surface area contributed by atoms with Crippen molar-refractivity contribution < 1.29 is 0 Å². The van der Waals surface area contributed by atoms with Crippen molar-refractivity contribution in [2.24, 2.45) is 0 Å². The molecule has 1 rings (SSSR count). The summed E-state index contributed by atoms with van der Waals surface area (Å²) in [6.07, 6.45) is 5.07. The standard InChI is InChI=1S/C10H13N3O3/c1-4-7-13-9(15)11(5-2)8(14)12(6-3)10(13)16/h1H,5-7H2,2-3H3. The van der Waals surface area contributed by atoms with Crippen molar-refractivity contribution in [1.82, 2.24) is 13.7 Å². The molecule has 1 heterocycles. The van der Waals surface area contributed by atoms with Gasteiger partial charge in [0.25, 0.3) is 0 Å². The molecule has 0 atom stereocenters. The molecule has 0 N–H and O–H groups in total. The summed E-state index contributed by atoms with van der Waals surface area (Å²) < 4.78 is 2.86. The summed E-state index contributed by atoms with van der Waals surface area (Å²) in [6, 6.07) is 0. The molecule has 6 nitrogen and oxygen atoms in total. The number of rotatable bonds is 3. The lowest BCUT2D eigenvalue weighted by Gasteiger charge is -2.09. The fourth-order valence-electron chi connectivity index (χ4n) is 1.45. The molecule has 0 saturated heterocycles. The molecule has 0 aromatic carbocycles. The van der Waals surface area contributed by atoms with Crippen molar-refractivity contribution in [3.8, 4) is 12.3 Å². The Morgan fingerprint density at radius 2 is 1.31 bits per heavy atom. The molecular formula is C10H13N3O3. The Morgan fingerprint density at radius 1 is 0.938 bits per heavy atom. The zero-order valence-electron chi connectivity index (χ0n) is 9.27. The maximum absolute atomic E-state index is 11.7. The number of hydrogen-bond donors (Lipinski definition) is 0. The normalized spacial score (nSPS) is 10.1. The van der Waals surface area contributed by atoms with E-state index >= 15 is 0 Å². The van der Waals surface area contributed by atoms with Gasteiger partial charge in [0.2, 0.25) is 0 Å². The van der Waals surface area contributed by atoms with E-state index in [0.29, 0.717) is 0 Å². The third kappa shape index (κ3) is 1.72. The molecule has 0 unspecified atom stereocenters. The van der Waals surface area contributed by atoms with Crippen LogP contribution in [0.25, 0.3) is 0 Å². The second kappa shape index (κ2) is 4.66. The first-order chi connectivity index (χ1) is 7.58. The predicted octanol–water partition coefficient (Wildman–Crippen LogP) is -1.16. The minimum Gasteiger partial charge on any atom is -0.247 e. The first kappa shape index (κ1) is 12.0. The van der Waals surface area contributed by atoms with Gasteiger partial charge >= 0.3 is 17.1 Å². The Balaban J connectivity index is 3.80. The zero-order chi connectivity index (χ0) is 12.3. The number of hydrogen-bond acceptors (Lipinski definition) is 3. The van der Waals surface area contributed by atoms with Crippen LogP contribution in [0.5, 0.6) is 0 Å². The second-order valence-electron chi connectivity index (χ2n) is 3.13. The van der Waals surface area contributed by atoms with Gasteiger partial charge in [0.05, 0.1) is 6.54 Å². The van der Waals surface area contributed by atoms with E-state index in [1.165, 1.54) is 0 Å². The van der Waals surface area contributed by atoms with E-state index in [2.05, 4.69) is 5.92 Å². The molecule has 0 saturated carbocycles. The van der Waals surface area contributed by atoms with Crippen molar-refractivity contribution in [1.29, 1.82) is 0 Å². The highest BCUT2D eigenvalue weighted by Crippen LogP contribution is 1.75. The van der Waals surface area contributed by atoms with Crippen LogP contribution in [0.4, 0.5) is 0 Å². The summed E-state index contributed by atoms with van der Waals surface area (Å²) in [5, 5.41) is 0. The Morgan fingerprint density at radius 3 is 1.62 bits per heavy atom. The highest BCUT2D eigenvalue weighted by Gasteiger charge is 2.11. The SMILES string of the molecule is C#CCn1c(=O)n(CC)c(=O)n(CC)c1=O. The first-order valence-corrected chi connectivity index (χ1v) is 4.96. The molecule has 0 aliphatic heterocycles. The van der Waals surface area contributed by atoms with Crippen LogP contribution in [0.3, 0.4) is 0 Å². The highest BCUT2D eigenvalue weighted by molar-refractivity contribution is 4.88. The van der Waals surface area contributed by atoms with Gasteiger partial charge < -0.3 is 0 Å². The van der Waals surface area contributed by atoms with Gasteiger partial charge in [-0.25, -0.2) is 28.1 Å². The van der Waals surface area contributed by atoms with Crippen molar-refractivity contribution in [2.75, 3.05) is 0 Å². The van der Waals surface area contributed by atoms with Gasteiger partial charge in [0, 0.05) is 13.1 Å². The molecule has 0 bridgehead atoms. The summed E-state index contributed by atoms with van der Waals surface area (Å²) in [5.74, 6) is 2.22. The molecule has 86 valence electrons. The van der Waals surface area contributed by atoms with E-state index in [1.807, 2.05) is 0 Å². The molecule has 0 fully saturated rings. The van der Waals surface area contributed by atoms with Gasteiger partial charge in [-0.1, -0.05) is 5.92 Å². The molecule has 0 aliphatic rings. The van der Waals surface area contributed by atoms with Crippen LogP contribution in [0.15, 0.2) is 14.4 Å². The maximum atomic E-state index is 11.7. The fraction of sp³-hybridized carbons (Fsp3) is 0.500. The summed E-state index contributed by atoms with van der Waals surface area (Å²) in [4.78, 5) is 35.1. The Bertz CT molecular complexity index is 555. The van der Waals surface area contributed by atoms with E-state index in [0.717, 1.165) is 13.7 Å². The van der Waals surface area contributed by atoms with Crippen LogP contribution >= 0.6 is 0 Å². The lowest BCUT2D eigenvalue weighted by Crippen LogP contribution is -2.54. The van der Waals surface area contributed by atoms with Crippen LogP contribution in [0.2, 0.25) is 0 Å². The summed E-state index contributed by atoms with van der Waals surface area (Å²) in [7, 11) is 0. The summed E-state index contributed by atoms with van der Waals surface area (Å²) in [5.41, 5.74) is -1.89. The van der Waals surface area contributed by atoms with Crippen molar-refractivity contribution in [2.45, 2.75) is 33.5 Å². The van der Waals surface area contributed by atoms with Crippen LogP contribution in [-0.2, 0) is 19.6 Å². The number of nitrogens with zero attached hydrogens (tertiary/aromatic N) is 3. The van der Waals surface area contributed by atoms with Crippen LogP contribution in [0, 0.1) is 12.3 Å². The predicted molar refractivity (Wildman–Crippen MR) is 59.4 cm³/mol. The van der Waals surface area contributed by atoms with Gasteiger partial charge in [0.15, 0.2) is 0 Å². The van der Waals surface area contributed by atoms with E-state index in [1.54, 1.807) is 13.8 Å². The zero-order valence-corrected chi connectivity index (χ0v) is 9.27. The number of aromatic nitrogens is 3. The van der Waals surface area contributed by atoms with Gasteiger partial charge in [0.1, 0.15) is 0 Å². The molecule has 1 aromatic rings. The van der Waals surface area contributed by atoms with Crippen molar-refractivity contribution in [3.05, 3.63) is 31.5 Å². The molecule has 0 aliphatic carbocycles. The Labute approximate surface area is 91.8 Å². The van der Waals surface area contributed by atoms with Gasteiger partial charge in [-0.15, -0.1) is 6.42 Å². The topological polar surface area (TPSA) is 66.0 Å². The molecule has 0 spiro atoms. The Kier molecular flexibility index (Phi) is 3.51. The molecule has 1 aromatic heterocycles. The average Bonchev–Trinajstić information content (AvgIpc) is 2.26. The van der Waals surface area contributed by atoms with Crippen LogP contribution in [0.1, 0.15) is 13.8 Å². The monoisotopic (exact) mass is 223 g/mol. The maximum Gasteiger partial charge on any atom is 0.337 e. The van der Waals surface area contributed by atoms with E-state index < -0.39 is 17.1 Å².